The first-order chi connectivity index (χ1) is 12.5. The van der Waals surface area contributed by atoms with E-state index >= 15 is 0 Å². The predicted molar refractivity (Wildman–Crippen MR) is 99.2 cm³/mol. The van der Waals surface area contributed by atoms with Gasteiger partial charge in [0.2, 0.25) is 5.91 Å². The Bertz CT molecular complexity index is 1050. The van der Waals surface area contributed by atoms with Gasteiger partial charge in [0.15, 0.2) is 5.16 Å². The Labute approximate surface area is 154 Å². The standard InChI is InChI=1S/C15H12N4O5S2/c1-24-11-6-8(19(22)23)2-3-10(11)16-12(20)7-26-15-17-13(21)9-4-5-25-14(9)18-15/h2-6H,7H2,1H3,(H,16,20)(H,17,18,21). The molecule has 0 aliphatic rings. The minimum Gasteiger partial charge on any atom is -0.494 e. The van der Waals surface area contributed by atoms with Crippen molar-refractivity contribution in [3.05, 3.63) is 50.1 Å². The van der Waals surface area contributed by atoms with Gasteiger partial charge in [0.05, 0.1) is 34.9 Å². The maximum atomic E-state index is 12.1. The highest BCUT2D eigenvalue weighted by atomic mass is 32.2. The molecule has 134 valence electrons. The number of nitrogens with one attached hydrogen (secondary N) is 2. The molecule has 0 atom stereocenters. The fourth-order valence-corrected chi connectivity index (χ4v) is 3.61. The van der Waals surface area contributed by atoms with E-state index in [0.29, 0.717) is 21.1 Å². The molecule has 0 unspecified atom stereocenters. The van der Waals surface area contributed by atoms with Crippen LogP contribution in [0.25, 0.3) is 10.2 Å². The van der Waals surface area contributed by atoms with Crippen LogP contribution in [-0.2, 0) is 4.79 Å². The molecule has 0 bridgehead atoms. The monoisotopic (exact) mass is 392 g/mol. The number of fused-ring (bicyclic) bond motifs is 1. The molecule has 11 heteroatoms. The average Bonchev–Trinajstić information content (AvgIpc) is 3.09. The second kappa shape index (κ2) is 7.54. The largest absolute Gasteiger partial charge is 0.494 e. The number of carbonyl (C=O) groups is 1. The number of aromatic amines is 1. The topological polar surface area (TPSA) is 127 Å². The third kappa shape index (κ3) is 3.83. The van der Waals surface area contributed by atoms with Crippen LogP contribution in [0, 0.1) is 10.1 Å². The summed E-state index contributed by atoms with van der Waals surface area (Å²) < 4.78 is 5.07. The van der Waals surface area contributed by atoms with Gasteiger partial charge in [-0.05, 0) is 17.5 Å². The van der Waals surface area contributed by atoms with Gasteiger partial charge in [-0.25, -0.2) is 4.98 Å². The molecular formula is C15H12N4O5S2. The minimum absolute atomic E-state index is 0.0000360. The van der Waals surface area contributed by atoms with E-state index in [1.807, 2.05) is 0 Å². The molecule has 0 aliphatic heterocycles. The number of hydrogen-bond donors (Lipinski definition) is 2. The van der Waals surface area contributed by atoms with Gasteiger partial charge < -0.3 is 15.0 Å². The van der Waals surface area contributed by atoms with Crippen LogP contribution < -0.4 is 15.6 Å². The van der Waals surface area contributed by atoms with Crippen molar-refractivity contribution in [2.24, 2.45) is 0 Å². The fourth-order valence-electron chi connectivity index (χ4n) is 2.13. The summed E-state index contributed by atoms with van der Waals surface area (Å²) in [7, 11) is 1.36. The summed E-state index contributed by atoms with van der Waals surface area (Å²) in [6.45, 7) is 0. The van der Waals surface area contributed by atoms with Gasteiger partial charge >= 0.3 is 0 Å². The van der Waals surface area contributed by atoms with Gasteiger partial charge in [0.1, 0.15) is 10.6 Å². The van der Waals surface area contributed by atoms with Crippen LogP contribution in [0.3, 0.4) is 0 Å². The number of thiophene rings is 1. The van der Waals surface area contributed by atoms with Crippen LogP contribution in [0.5, 0.6) is 5.75 Å². The normalized spacial score (nSPS) is 10.7. The average molecular weight is 392 g/mol. The molecule has 0 saturated carbocycles. The first-order valence-corrected chi connectivity index (χ1v) is 9.07. The third-order valence-electron chi connectivity index (χ3n) is 3.32. The molecule has 2 aromatic heterocycles. The van der Waals surface area contributed by atoms with Gasteiger partial charge in [0.25, 0.3) is 11.2 Å². The maximum absolute atomic E-state index is 12.1. The predicted octanol–water partition coefficient (Wildman–Crippen LogP) is 2.63. The number of rotatable bonds is 6. The maximum Gasteiger partial charge on any atom is 0.273 e. The molecule has 2 N–H and O–H groups in total. The van der Waals surface area contributed by atoms with Crippen molar-refractivity contribution in [3.63, 3.8) is 0 Å². The lowest BCUT2D eigenvalue weighted by atomic mass is 10.2. The van der Waals surface area contributed by atoms with Crippen molar-refractivity contribution in [2.45, 2.75) is 5.16 Å². The van der Waals surface area contributed by atoms with Gasteiger partial charge in [-0.1, -0.05) is 11.8 Å². The van der Waals surface area contributed by atoms with Crippen LogP contribution in [0.1, 0.15) is 0 Å². The first kappa shape index (κ1) is 17.9. The molecule has 2 heterocycles. The Hall–Kier alpha value is -2.92. The molecule has 3 aromatic rings. The van der Waals surface area contributed by atoms with E-state index in [4.69, 9.17) is 4.74 Å². The lowest BCUT2D eigenvalue weighted by Crippen LogP contribution is -2.16. The molecule has 0 fully saturated rings. The van der Waals surface area contributed by atoms with Gasteiger partial charge in [-0.2, -0.15) is 0 Å². The lowest BCUT2D eigenvalue weighted by molar-refractivity contribution is -0.384. The van der Waals surface area contributed by atoms with Crippen LogP contribution in [0.2, 0.25) is 0 Å². The zero-order valence-corrected chi connectivity index (χ0v) is 15.0. The highest BCUT2D eigenvalue weighted by Crippen LogP contribution is 2.29. The van der Waals surface area contributed by atoms with E-state index in [0.717, 1.165) is 11.8 Å². The summed E-state index contributed by atoms with van der Waals surface area (Å²) in [6, 6.07) is 5.59. The number of ether oxygens (including phenoxy) is 1. The van der Waals surface area contributed by atoms with E-state index in [1.54, 1.807) is 11.4 Å². The Morgan fingerprint density at radius 2 is 2.27 bits per heavy atom. The molecule has 3 rings (SSSR count). The summed E-state index contributed by atoms with van der Waals surface area (Å²) in [5.74, 6) is -0.180. The number of nitrogens with zero attached hydrogens (tertiary/aromatic N) is 2. The Morgan fingerprint density at radius 1 is 1.46 bits per heavy atom. The number of carbonyl (C=O) groups excluding carboxylic acids is 1. The van der Waals surface area contributed by atoms with Gasteiger partial charge in [-0.3, -0.25) is 19.7 Å². The fraction of sp³-hybridized carbons (Fsp3) is 0.133. The Balaban J connectivity index is 1.68. The summed E-state index contributed by atoms with van der Waals surface area (Å²) in [6.07, 6.45) is 0. The number of nitro groups is 1. The van der Waals surface area contributed by atoms with Gasteiger partial charge in [-0.15, -0.1) is 11.3 Å². The summed E-state index contributed by atoms with van der Waals surface area (Å²) >= 11 is 2.43. The van der Waals surface area contributed by atoms with Crippen LogP contribution in [-0.4, -0.2) is 33.7 Å². The number of amides is 1. The number of thioether (sulfide) groups is 1. The van der Waals surface area contributed by atoms with Crippen molar-refractivity contribution in [1.82, 2.24) is 9.97 Å². The second-order valence-electron chi connectivity index (χ2n) is 4.99. The molecule has 26 heavy (non-hydrogen) atoms. The highest BCUT2D eigenvalue weighted by Gasteiger charge is 2.14. The van der Waals surface area contributed by atoms with E-state index in [-0.39, 0.29) is 28.7 Å². The zero-order chi connectivity index (χ0) is 18.7. The van der Waals surface area contributed by atoms with Crippen molar-refractivity contribution >= 4 is 50.6 Å². The van der Waals surface area contributed by atoms with Crippen LogP contribution in [0.4, 0.5) is 11.4 Å². The second-order valence-corrected chi connectivity index (χ2v) is 6.85. The van der Waals surface area contributed by atoms with Crippen molar-refractivity contribution in [3.8, 4) is 5.75 Å². The first-order valence-electron chi connectivity index (χ1n) is 7.20. The highest BCUT2D eigenvalue weighted by molar-refractivity contribution is 7.99. The smallest absolute Gasteiger partial charge is 0.273 e. The minimum atomic E-state index is -0.549. The molecular weight excluding hydrogens is 380 g/mol. The molecule has 9 nitrogen and oxygen atoms in total. The summed E-state index contributed by atoms with van der Waals surface area (Å²) in [4.78, 5) is 41.8. The molecule has 0 spiro atoms. The number of H-pyrrole nitrogens is 1. The summed E-state index contributed by atoms with van der Waals surface area (Å²) in [5.41, 5.74) is -0.0738. The van der Waals surface area contributed by atoms with Crippen LogP contribution in [0.15, 0.2) is 39.6 Å². The molecule has 0 aliphatic carbocycles. The number of hydrogen-bond acceptors (Lipinski definition) is 8. The molecule has 0 radical (unpaired) electrons. The molecule has 1 amide bonds. The lowest BCUT2D eigenvalue weighted by Gasteiger charge is -2.09. The van der Waals surface area contributed by atoms with E-state index in [9.17, 15) is 19.7 Å². The summed E-state index contributed by atoms with van der Waals surface area (Å²) in [5, 5.41) is 16.0. The zero-order valence-electron chi connectivity index (χ0n) is 13.3. The van der Waals surface area contributed by atoms with Crippen LogP contribution >= 0.6 is 23.1 Å². The number of methoxy groups -OCH3 is 1. The van der Waals surface area contributed by atoms with E-state index < -0.39 is 4.92 Å². The Morgan fingerprint density at radius 3 is 3.00 bits per heavy atom. The van der Waals surface area contributed by atoms with Crippen molar-refractivity contribution in [1.29, 1.82) is 0 Å². The number of non-ortho nitro benzene ring substituents is 1. The molecule has 1 aromatic carbocycles. The van der Waals surface area contributed by atoms with Crippen molar-refractivity contribution < 1.29 is 14.5 Å². The number of aromatic nitrogens is 2. The number of benzene rings is 1. The van der Waals surface area contributed by atoms with Crippen molar-refractivity contribution in [2.75, 3.05) is 18.2 Å². The van der Waals surface area contributed by atoms with E-state index in [1.165, 1.54) is 36.6 Å². The quantitative estimate of drug-likeness (QED) is 0.286. The number of anilines is 1. The molecule has 0 saturated heterocycles. The van der Waals surface area contributed by atoms with Gasteiger partial charge in [0, 0.05) is 6.07 Å². The Kier molecular flexibility index (Phi) is 5.19. The SMILES string of the molecule is COc1cc([N+](=O)[O-])ccc1NC(=O)CSc1nc2sccc2c(=O)[nH]1. The third-order valence-corrected chi connectivity index (χ3v) is 5.00. The number of nitro benzene ring substituents is 1. The van der Waals surface area contributed by atoms with E-state index in [2.05, 4.69) is 15.3 Å².